The Morgan fingerprint density at radius 1 is 1.50 bits per heavy atom. The molecule has 0 radical (unpaired) electrons. The number of aromatic nitrogens is 4. The quantitative estimate of drug-likeness (QED) is 0.818. The van der Waals surface area contributed by atoms with Crippen molar-refractivity contribution in [3.05, 3.63) is 36.7 Å². The lowest BCUT2D eigenvalue weighted by Crippen LogP contribution is -2.17. The highest BCUT2D eigenvalue weighted by Gasteiger charge is 2.09. The molecule has 0 aliphatic heterocycles. The van der Waals surface area contributed by atoms with Gasteiger partial charge in [0.1, 0.15) is 0 Å². The molecule has 1 N–H and O–H groups in total. The van der Waals surface area contributed by atoms with Crippen LogP contribution >= 0.6 is 0 Å². The van der Waals surface area contributed by atoms with Gasteiger partial charge in [0.2, 0.25) is 0 Å². The van der Waals surface area contributed by atoms with Crippen molar-refractivity contribution >= 4 is 0 Å². The second-order valence-electron chi connectivity index (χ2n) is 3.90. The fourth-order valence-electron chi connectivity index (χ4n) is 1.81. The monoisotopic (exact) mass is 219 g/mol. The summed E-state index contributed by atoms with van der Waals surface area (Å²) in [6, 6.07) is 2.29. The molecule has 0 saturated carbocycles. The maximum absolute atomic E-state index is 4.21. The zero-order chi connectivity index (χ0) is 11.4. The van der Waals surface area contributed by atoms with Gasteiger partial charge in [0, 0.05) is 25.1 Å². The van der Waals surface area contributed by atoms with Crippen molar-refractivity contribution in [1.82, 2.24) is 24.6 Å². The minimum absolute atomic E-state index is 0.353. The predicted molar refractivity (Wildman–Crippen MR) is 61.9 cm³/mol. The predicted octanol–water partition coefficient (Wildman–Crippen LogP) is 1.06. The van der Waals surface area contributed by atoms with Crippen LogP contribution in [0.4, 0.5) is 0 Å². The molecule has 16 heavy (non-hydrogen) atoms. The molecule has 86 valence electrons. The molecule has 1 unspecified atom stereocenters. The van der Waals surface area contributed by atoms with Gasteiger partial charge in [-0.2, -0.15) is 5.10 Å². The van der Waals surface area contributed by atoms with Gasteiger partial charge in [-0.05, 0) is 20.0 Å². The highest BCUT2D eigenvalue weighted by Crippen LogP contribution is 2.11. The fraction of sp³-hybridized carbons (Fsp3) is 0.455. The van der Waals surface area contributed by atoms with Gasteiger partial charge in [0.15, 0.2) is 0 Å². The minimum atomic E-state index is 0.353. The molecule has 0 aliphatic carbocycles. The van der Waals surface area contributed by atoms with Crippen LogP contribution in [0.5, 0.6) is 0 Å². The molecule has 0 spiro atoms. The van der Waals surface area contributed by atoms with Gasteiger partial charge in [-0.15, -0.1) is 0 Å². The zero-order valence-electron chi connectivity index (χ0n) is 9.67. The highest BCUT2D eigenvalue weighted by molar-refractivity contribution is 4.99. The molecule has 2 aromatic heterocycles. The van der Waals surface area contributed by atoms with Gasteiger partial charge in [0.25, 0.3) is 0 Å². The molecule has 2 rings (SSSR count). The van der Waals surface area contributed by atoms with Crippen molar-refractivity contribution in [1.29, 1.82) is 0 Å². The molecule has 1 atom stereocenters. The standard InChI is InChI=1S/C11H17N5/c1-10(8-15-5-3-4-14-15)16-9-13-7-11(16)6-12-2/h3-5,7,9-10,12H,6,8H2,1-2H3. The summed E-state index contributed by atoms with van der Waals surface area (Å²) >= 11 is 0. The van der Waals surface area contributed by atoms with E-state index in [0.717, 1.165) is 13.1 Å². The number of hydrogen-bond acceptors (Lipinski definition) is 3. The molecule has 2 aromatic rings. The molecule has 2 heterocycles. The lowest BCUT2D eigenvalue weighted by atomic mass is 10.3. The van der Waals surface area contributed by atoms with Crippen molar-refractivity contribution in [2.24, 2.45) is 0 Å². The van der Waals surface area contributed by atoms with Crippen LogP contribution in [0.2, 0.25) is 0 Å². The summed E-state index contributed by atoms with van der Waals surface area (Å²) in [7, 11) is 1.94. The van der Waals surface area contributed by atoms with E-state index >= 15 is 0 Å². The maximum atomic E-state index is 4.21. The van der Waals surface area contributed by atoms with Crippen LogP contribution in [0.1, 0.15) is 18.7 Å². The van der Waals surface area contributed by atoms with E-state index in [1.807, 2.05) is 36.5 Å². The van der Waals surface area contributed by atoms with Gasteiger partial charge < -0.3 is 9.88 Å². The maximum Gasteiger partial charge on any atom is 0.0951 e. The Morgan fingerprint density at radius 3 is 3.06 bits per heavy atom. The number of imidazole rings is 1. The third kappa shape index (κ3) is 2.30. The average Bonchev–Trinajstić information content (AvgIpc) is 2.89. The second kappa shape index (κ2) is 4.94. The summed E-state index contributed by atoms with van der Waals surface area (Å²) in [5, 5.41) is 7.35. The lowest BCUT2D eigenvalue weighted by molar-refractivity contribution is 0.425. The van der Waals surface area contributed by atoms with Gasteiger partial charge in [0.05, 0.1) is 24.6 Å². The Labute approximate surface area is 95.1 Å². The molecular formula is C11H17N5. The topological polar surface area (TPSA) is 47.7 Å². The molecule has 0 aromatic carbocycles. The Kier molecular flexibility index (Phi) is 3.36. The van der Waals surface area contributed by atoms with E-state index in [0.29, 0.717) is 6.04 Å². The lowest BCUT2D eigenvalue weighted by Gasteiger charge is -2.16. The molecule has 5 nitrogen and oxygen atoms in total. The van der Waals surface area contributed by atoms with E-state index in [1.54, 1.807) is 6.20 Å². The number of rotatable bonds is 5. The van der Waals surface area contributed by atoms with Crippen molar-refractivity contribution in [2.75, 3.05) is 7.05 Å². The molecule has 0 fully saturated rings. The van der Waals surface area contributed by atoms with Crippen LogP contribution in [0.25, 0.3) is 0 Å². The van der Waals surface area contributed by atoms with Crippen LogP contribution in [0.3, 0.4) is 0 Å². The first kappa shape index (κ1) is 10.9. The van der Waals surface area contributed by atoms with E-state index in [9.17, 15) is 0 Å². The SMILES string of the molecule is CNCc1cncn1C(C)Cn1cccn1. The van der Waals surface area contributed by atoms with Crippen molar-refractivity contribution in [2.45, 2.75) is 26.1 Å². The van der Waals surface area contributed by atoms with Gasteiger partial charge in [-0.3, -0.25) is 4.68 Å². The first-order chi connectivity index (χ1) is 7.81. The van der Waals surface area contributed by atoms with E-state index in [1.165, 1.54) is 5.69 Å². The summed E-state index contributed by atoms with van der Waals surface area (Å²) in [6.07, 6.45) is 7.55. The molecular weight excluding hydrogens is 202 g/mol. The van der Waals surface area contributed by atoms with Gasteiger partial charge in [-0.25, -0.2) is 4.98 Å². The molecule has 5 heteroatoms. The van der Waals surface area contributed by atoms with Gasteiger partial charge in [-0.1, -0.05) is 0 Å². The van der Waals surface area contributed by atoms with Crippen LogP contribution in [-0.4, -0.2) is 26.4 Å². The Bertz CT molecular complexity index is 417. The highest BCUT2D eigenvalue weighted by atomic mass is 15.3. The first-order valence-electron chi connectivity index (χ1n) is 5.44. The van der Waals surface area contributed by atoms with Crippen molar-refractivity contribution in [3.8, 4) is 0 Å². The van der Waals surface area contributed by atoms with Crippen LogP contribution < -0.4 is 5.32 Å². The third-order valence-electron chi connectivity index (χ3n) is 2.59. The number of nitrogens with one attached hydrogen (secondary N) is 1. The smallest absolute Gasteiger partial charge is 0.0951 e. The molecule has 0 saturated heterocycles. The van der Waals surface area contributed by atoms with E-state index in [-0.39, 0.29) is 0 Å². The molecule has 0 aliphatic rings. The Balaban J connectivity index is 2.08. The molecule has 0 amide bonds. The third-order valence-corrected chi connectivity index (χ3v) is 2.59. The first-order valence-corrected chi connectivity index (χ1v) is 5.44. The number of hydrogen-bond donors (Lipinski definition) is 1. The average molecular weight is 219 g/mol. The van der Waals surface area contributed by atoms with E-state index < -0.39 is 0 Å². The van der Waals surface area contributed by atoms with E-state index in [4.69, 9.17) is 0 Å². The van der Waals surface area contributed by atoms with Crippen molar-refractivity contribution < 1.29 is 0 Å². The van der Waals surface area contributed by atoms with E-state index in [2.05, 4.69) is 26.9 Å². The summed E-state index contributed by atoms with van der Waals surface area (Å²) in [4.78, 5) is 4.18. The number of nitrogens with zero attached hydrogens (tertiary/aromatic N) is 4. The van der Waals surface area contributed by atoms with Crippen molar-refractivity contribution in [3.63, 3.8) is 0 Å². The summed E-state index contributed by atoms with van der Waals surface area (Å²) in [6.45, 7) is 3.87. The fourth-order valence-corrected chi connectivity index (χ4v) is 1.81. The van der Waals surface area contributed by atoms with Crippen LogP contribution in [0, 0.1) is 0 Å². The minimum Gasteiger partial charge on any atom is -0.329 e. The second-order valence-corrected chi connectivity index (χ2v) is 3.90. The summed E-state index contributed by atoms with van der Waals surface area (Å²) in [5.74, 6) is 0. The van der Waals surface area contributed by atoms with Crippen LogP contribution in [-0.2, 0) is 13.1 Å². The molecule has 0 bridgehead atoms. The summed E-state index contributed by atoms with van der Waals surface area (Å²) in [5.41, 5.74) is 1.20. The Hall–Kier alpha value is -1.62. The Morgan fingerprint density at radius 2 is 2.38 bits per heavy atom. The van der Waals surface area contributed by atoms with Crippen LogP contribution in [0.15, 0.2) is 31.0 Å². The normalized spacial score (nSPS) is 12.9. The largest absolute Gasteiger partial charge is 0.329 e. The summed E-state index contributed by atoms with van der Waals surface area (Å²) < 4.78 is 4.12. The zero-order valence-corrected chi connectivity index (χ0v) is 9.67. The van der Waals surface area contributed by atoms with Gasteiger partial charge >= 0.3 is 0 Å².